The van der Waals surface area contributed by atoms with E-state index in [9.17, 15) is 9.59 Å². The van der Waals surface area contributed by atoms with Gasteiger partial charge in [0.05, 0.1) is 17.4 Å². The number of carbonyl (C=O) groups excluding carboxylic acids is 2. The average Bonchev–Trinajstić information content (AvgIpc) is 2.42. The molecular weight excluding hydrogens is 258 g/mol. The van der Waals surface area contributed by atoms with Crippen LogP contribution in [0.2, 0.25) is 0 Å². The Labute approximate surface area is 120 Å². The normalized spacial score (nSPS) is 22.7. The zero-order chi connectivity index (χ0) is 15.2. The van der Waals surface area contributed by atoms with Crippen LogP contribution in [0, 0.1) is 28.6 Å². The van der Waals surface area contributed by atoms with Gasteiger partial charge in [-0.15, -0.1) is 0 Å². The molecule has 20 heavy (non-hydrogen) atoms. The van der Waals surface area contributed by atoms with Gasteiger partial charge < -0.3 is 9.47 Å². The zero-order valence-corrected chi connectivity index (χ0v) is 12.5. The summed E-state index contributed by atoms with van der Waals surface area (Å²) in [6, 6.07) is 2.23. The Bertz CT molecular complexity index is 384. The molecule has 0 radical (unpaired) electrons. The van der Waals surface area contributed by atoms with E-state index in [0.29, 0.717) is 12.8 Å². The van der Waals surface area contributed by atoms with E-state index in [0.717, 1.165) is 12.8 Å². The first-order valence-corrected chi connectivity index (χ1v) is 7.08. The van der Waals surface area contributed by atoms with Crippen molar-refractivity contribution in [1.82, 2.24) is 0 Å². The van der Waals surface area contributed by atoms with Crippen molar-refractivity contribution in [3.05, 3.63) is 0 Å². The van der Waals surface area contributed by atoms with Crippen LogP contribution in [-0.4, -0.2) is 25.2 Å². The average molecular weight is 281 g/mol. The molecule has 0 saturated heterocycles. The quantitative estimate of drug-likeness (QED) is 0.584. The summed E-state index contributed by atoms with van der Waals surface area (Å²) < 4.78 is 10.1. The minimum absolute atomic E-state index is 0.0757. The van der Waals surface area contributed by atoms with Crippen LogP contribution in [0.5, 0.6) is 0 Å². The summed E-state index contributed by atoms with van der Waals surface area (Å²) in [4.78, 5) is 23.3. The fourth-order valence-corrected chi connectivity index (χ4v) is 2.07. The van der Waals surface area contributed by atoms with Crippen LogP contribution in [0.15, 0.2) is 0 Å². The Morgan fingerprint density at radius 2 is 1.65 bits per heavy atom. The van der Waals surface area contributed by atoms with Gasteiger partial charge in [-0.2, -0.15) is 5.26 Å². The summed E-state index contributed by atoms with van der Waals surface area (Å²) >= 11 is 0. The Morgan fingerprint density at radius 1 is 1.10 bits per heavy atom. The van der Waals surface area contributed by atoms with Crippen LogP contribution in [0.25, 0.3) is 0 Å². The fourth-order valence-electron chi connectivity index (χ4n) is 2.07. The molecule has 1 saturated carbocycles. The monoisotopic (exact) mass is 281 g/mol. The number of nitriles is 1. The van der Waals surface area contributed by atoms with E-state index in [-0.39, 0.29) is 37.0 Å². The SMILES string of the molecule is CC(C)(C)C(=O)OCCOC(=O)C1CCC(C#N)CC1. The molecule has 5 heteroatoms. The highest BCUT2D eigenvalue weighted by Gasteiger charge is 2.27. The first kappa shape index (κ1) is 16.5. The minimum Gasteiger partial charge on any atom is -0.462 e. The molecule has 0 aliphatic heterocycles. The number of esters is 2. The minimum atomic E-state index is -0.542. The highest BCUT2D eigenvalue weighted by molar-refractivity contribution is 5.75. The third kappa shape index (κ3) is 5.20. The van der Waals surface area contributed by atoms with Crippen LogP contribution < -0.4 is 0 Å². The van der Waals surface area contributed by atoms with E-state index < -0.39 is 5.41 Å². The van der Waals surface area contributed by atoms with E-state index in [4.69, 9.17) is 14.7 Å². The second-order valence-electron chi connectivity index (χ2n) is 6.23. The molecule has 0 spiro atoms. The summed E-state index contributed by atoms with van der Waals surface area (Å²) in [7, 11) is 0. The van der Waals surface area contributed by atoms with Gasteiger partial charge in [0.1, 0.15) is 13.2 Å². The van der Waals surface area contributed by atoms with Crippen molar-refractivity contribution in [1.29, 1.82) is 5.26 Å². The lowest BCUT2D eigenvalue weighted by molar-refractivity contribution is -0.160. The molecule has 0 aromatic rings. The molecule has 0 heterocycles. The van der Waals surface area contributed by atoms with Crippen LogP contribution >= 0.6 is 0 Å². The van der Waals surface area contributed by atoms with Crippen molar-refractivity contribution in [3.63, 3.8) is 0 Å². The Morgan fingerprint density at radius 3 is 2.15 bits per heavy atom. The second-order valence-corrected chi connectivity index (χ2v) is 6.23. The van der Waals surface area contributed by atoms with Gasteiger partial charge in [-0.1, -0.05) is 0 Å². The van der Waals surface area contributed by atoms with E-state index in [1.165, 1.54) is 0 Å². The van der Waals surface area contributed by atoms with E-state index in [1.807, 2.05) is 0 Å². The lowest BCUT2D eigenvalue weighted by Gasteiger charge is -2.23. The first-order chi connectivity index (χ1) is 9.34. The maximum absolute atomic E-state index is 11.8. The summed E-state index contributed by atoms with van der Waals surface area (Å²) in [5.74, 6) is -0.582. The Kier molecular flexibility index (Phi) is 6.00. The molecule has 1 aliphatic rings. The topological polar surface area (TPSA) is 76.4 Å². The van der Waals surface area contributed by atoms with Crippen molar-refractivity contribution in [2.75, 3.05) is 13.2 Å². The van der Waals surface area contributed by atoms with Gasteiger partial charge in [0.25, 0.3) is 0 Å². The van der Waals surface area contributed by atoms with Gasteiger partial charge in [0.2, 0.25) is 0 Å². The maximum Gasteiger partial charge on any atom is 0.311 e. The number of rotatable bonds is 4. The number of carbonyl (C=O) groups is 2. The van der Waals surface area contributed by atoms with Crippen molar-refractivity contribution >= 4 is 11.9 Å². The Hall–Kier alpha value is -1.57. The molecule has 0 atom stereocenters. The van der Waals surface area contributed by atoms with Crippen LogP contribution in [0.4, 0.5) is 0 Å². The van der Waals surface area contributed by atoms with Crippen molar-refractivity contribution in [3.8, 4) is 6.07 Å². The fraction of sp³-hybridized carbons (Fsp3) is 0.800. The third-order valence-corrected chi connectivity index (χ3v) is 3.42. The summed E-state index contributed by atoms with van der Waals surface area (Å²) in [6.07, 6.45) is 2.93. The van der Waals surface area contributed by atoms with Crippen molar-refractivity contribution in [2.24, 2.45) is 17.3 Å². The van der Waals surface area contributed by atoms with E-state index in [1.54, 1.807) is 20.8 Å². The molecule has 1 fully saturated rings. The smallest absolute Gasteiger partial charge is 0.311 e. The van der Waals surface area contributed by atoms with Gasteiger partial charge in [0.15, 0.2) is 0 Å². The van der Waals surface area contributed by atoms with Gasteiger partial charge >= 0.3 is 11.9 Å². The van der Waals surface area contributed by atoms with Crippen molar-refractivity contribution < 1.29 is 19.1 Å². The first-order valence-electron chi connectivity index (χ1n) is 7.08. The highest BCUT2D eigenvalue weighted by Crippen LogP contribution is 2.29. The van der Waals surface area contributed by atoms with E-state index >= 15 is 0 Å². The summed E-state index contributed by atoms with van der Waals surface area (Å²) in [6.45, 7) is 5.51. The second kappa shape index (κ2) is 7.28. The largest absolute Gasteiger partial charge is 0.462 e. The number of ether oxygens (including phenoxy) is 2. The number of hydrogen-bond donors (Lipinski definition) is 0. The molecule has 1 rings (SSSR count). The molecule has 0 amide bonds. The molecule has 0 aromatic carbocycles. The van der Waals surface area contributed by atoms with Crippen LogP contribution in [0.1, 0.15) is 46.5 Å². The number of hydrogen-bond acceptors (Lipinski definition) is 5. The van der Waals surface area contributed by atoms with Gasteiger partial charge in [0, 0.05) is 5.92 Å². The molecule has 0 aromatic heterocycles. The van der Waals surface area contributed by atoms with E-state index in [2.05, 4.69) is 6.07 Å². The lowest BCUT2D eigenvalue weighted by Crippen LogP contribution is -2.27. The number of nitrogens with zero attached hydrogens (tertiary/aromatic N) is 1. The molecule has 0 N–H and O–H groups in total. The van der Waals surface area contributed by atoms with Crippen molar-refractivity contribution in [2.45, 2.75) is 46.5 Å². The highest BCUT2D eigenvalue weighted by atomic mass is 16.6. The third-order valence-electron chi connectivity index (χ3n) is 3.42. The molecule has 1 aliphatic carbocycles. The molecule has 112 valence electrons. The standard InChI is InChI=1S/C15H23NO4/c1-15(2,3)14(18)20-9-8-19-13(17)12-6-4-11(10-16)5-7-12/h11-12H,4-9H2,1-3H3. The summed E-state index contributed by atoms with van der Waals surface area (Å²) in [5, 5.41) is 8.79. The van der Waals surface area contributed by atoms with Crippen LogP contribution in [-0.2, 0) is 19.1 Å². The molecule has 5 nitrogen and oxygen atoms in total. The molecule has 0 bridgehead atoms. The lowest BCUT2D eigenvalue weighted by atomic mass is 9.83. The van der Waals surface area contributed by atoms with Gasteiger partial charge in [-0.05, 0) is 46.5 Å². The zero-order valence-electron chi connectivity index (χ0n) is 12.5. The summed E-state index contributed by atoms with van der Waals surface area (Å²) in [5.41, 5.74) is -0.542. The molecule has 0 unspecified atom stereocenters. The maximum atomic E-state index is 11.8. The van der Waals surface area contributed by atoms with Crippen LogP contribution in [0.3, 0.4) is 0 Å². The van der Waals surface area contributed by atoms with Gasteiger partial charge in [-0.3, -0.25) is 9.59 Å². The molecular formula is C15H23NO4. The predicted octanol–water partition coefficient (Wildman–Crippen LogP) is 2.45. The predicted molar refractivity (Wildman–Crippen MR) is 72.4 cm³/mol. The Balaban J connectivity index is 2.18. The van der Waals surface area contributed by atoms with Gasteiger partial charge in [-0.25, -0.2) is 0 Å².